The van der Waals surface area contributed by atoms with E-state index in [1.54, 1.807) is 18.7 Å². The highest BCUT2D eigenvalue weighted by Crippen LogP contribution is 2.05. The number of hydrogen-bond donors (Lipinski definition) is 0. The fourth-order valence-electron chi connectivity index (χ4n) is 1.47. The lowest BCUT2D eigenvalue weighted by atomic mass is 10.4. The van der Waals surface area contributed by atoms with E-state index in [0.29, 0.717) is 23.2 Å². The number of hydrogen-bond acceptors (Lipinski definition) is 5. The number of rotatable bonds is 1. The lowest BCUT2D eigenvalue weighted by Gasteiger charge is -2.12. The maximum Gasteiger partial charge on any atom is 0.260 e. The first-order valence-electron chi connectivity index (χ1n) is 4.91. The SMILES string of the molecule is Cc1cc(=O)n2c(C)nc(N(C)C)nc2n1.O.O.O. The molecule has 0 aromatic carbocycles. The molecule has 108 valence electrons. The molecule has 0 saturated carbocycles. The van der Waals surface area contributed by atoms with Gasteiger partial charge in [0.15, 0.2) is 0 Å². The van der Waals surface area contributed by atoms with Crippen molar-refractivity contribution in [1.82, 2.24) is 19.4 Å². The van der Waals surface area contributed by atoms with Gasteiger partial charge in [-0.3, -0.25) is 4.79 Å². The summed E-state index contributed by atoms with van der Waals surface area (Å²) in [6, 6.07) is 1.47. The molecule has 0 radical (unpaired) electrons. The predicted octanol–water partition coefficient (Wildman–Crippen LogP) is -2.31. The van der Waals surface area contributed by atoms with Crippen molar-refractivity contribution in [2.45, 2.75) is 13.8 Å². The Morgan fingerprint density at radius 3 is 2.16 bits per heavy atom. The van der Waals surface area contributed by atoms with E-state index in [1.807, 2.05) is 14.1 Å². The molecule has 0 amide bonds. The van der Waals surface area contributed by atoms with E-state index < -0.39 is 0 Å². The summed E-state index contributed by atoms with van der Waals surface area (Å²) in [6.07, 6.45) is 0. The van der Waals surface area contributed by atoms with Gasteiger partial charge in [0.1, 0.15) is 5.82 Å². The number of fused-ring (bicyclic) bond motifs is 1. The van der Waals surface area contributed by atoms with Crippen molar-refractivity contribution < 1.29 is 16.4 Å². The summed E-state index contributed by atoms with van der Waals surface area (Å²) in [5.74, 6) is 1.53. The van der Waals surface area contributed by atoms with E-state index >= 15 is 0 Å². The van der Waals surface area contributed by atoms with Gasteiger partial charge in [-0.05, 0) is 13.8 Å². The van der Waals surface area contributed by atoms with Gasteiger partial charge in [0.05, 0.1) is 0 Å². The summed E-state index contributed by atoms with van der Waals surface area (Å²) in [5.41, 5.74) is 0.512. The third-order valence-corrected chi connectivity index (χ3v) is 2.21. The second-order valence-corrected chi connectivity index (χ2v) is 3.84. The zero-order valence-electron chi connectivity index (χ0n) is 11.2. The van der Waals surface area contributed by atoms with E-state index in [9.17, 15) is 4.79 Å². The summed E-state index contributed by atoms with van der Waals surface area (Å²) in [6.45, 7) is 3.54. The molecule has 0 aliphatic heterocycles. The van der Waals surface area contributed by atoms with Crippen LogP contribution >= 0.6 is 0 Å². The highest BCUT2D eigenvalue weighted by molar-refractivity contribution is 5.38. The Labute approximate surface area is 109 Å². The second-order valence-electron chi connectivity index (χ2n) is 3.84. The highest BCUT2D eigenvalue weighted by Gasteiger charge is 2.08. The molecule has 0 bridgehead atoms. The summed E-state index contributed by atoms with van der Waals surface area (Å²) in [7, 11) is 3.69. The van der Waals surface area contributed by atoms with Gasteiger partial charge in [-0.2, -0.15) is 9.97 Å². The Morgan fingerprint density at radius 2 is 1.63 bits per heavy atom. The molecule has 6 N–H and O–H groups in total. The zero-order valence-corrected chi connectivity index (χ0v) is 11.2. The lowest BCUT2D eigenvalue weighted by Crippen LogP contribution is -2.22. The molecule has 9 nitrogen and oxygen atoms in total. The van der Waals surface area contributed by atoms with Gasteiger partial charge in [0.2, 0.25) is 11.7 Å². The number of anilines is 1. The zero-order chi connectivity index (χ0) is 11.9. The molecule has 0 aliphatic carbocycles. The normalized spacial score (nSPS) is 9.05. The molecule has 2 aromatic heterocycles. The van der Waals surface area contributed by atoms with Crippen LogP contribution in [-0.2, 0) is 0 Å². The van der Waals surface area contributed by atoms with Crippen LogP contribution in [0.1, 0.15) is 11.5 Å². The van der Waals surface area contributed by atoms with Gasteiger partial charge in [0, 0.05) is 25.9 Å². The van der Waals surface area contributed by atoms with Crippen molar-refractivity contribution in [3.63, 3.8) is 0 Å². The highest BCUT2D eigenvalue weighted by atomic mass is 16.1. The second kappa shape index (κ2) is 6.73. The number of nitrogens with zero attached hydrogens (tertiary/aromatic N) is 5. The first-order chi connectivity index (χ1) is 7.49. The Balaban J connectivity index is 0. The molecular weight excluding hydrogens is 254 g/mol. The van der Waals surface area contributed by atoms with Crippen LogP contribution in [0.2, 0.25) is 0 Å². The lowest BCUT2D eigenvalue weighted by molar-refractivity contribution is 0.823. The van der Waals surface area contributed by atoms with Gasteiger partial charge in [-0.15, -0.1) is 0 Å². The van der Waals surface area contributed by atoms with Crippen LogP contribution in [-0.4, -0.2) is 49.9 Å². The third-order valence-electron chi connectivity index (χ3n) is 2.21. The predicted molar refractivity (Wildman–Crippen MR) is 71.7 cm³/mol. The van der Waals surface area contributed by atoms with E-state index in [1.165, 1.54) is 10.5 Å². The monoisotopic (exact) mass is 273 g/mol. The molecule has 0 spiro atoms. The van der Waals surface area contributed by atoms with E-state index in [-0.39, 0.29) is 22.0 Å². The largest absolute Gasteiger partial charge is 0.412 e. The summed E-state index contributed by atoms with van der Waals surface area (Å²) in [4.78, 5) is 26.2. The first-order valence-corrected chi connectivity index (χ1v) is 4.91. The van der Waals surface area contributed by atoms with Crippen LogP contribution in [0.15, 0.2) is 10.9 Å². The standard InChI is InChI=1S/C10H13N5O.3H2O/c1-6-5-8(16)15-7(2)12-9(14(3)4)13-10(15)11-6;;;/h5H,1-4H3;3*1H2. The molecule has 19 heavy (non-hydrogen) atoms. The van der Waals surface area contributed by atoms with Crippen molar-refractivity contribution in [3.8, 4) is 0 Å². The minimum atomic E-state index is -0.148. The van der Waals surface area contributed by atoms with Gasteiger partial charge in [-0.25, -0.2) is 9.38 Å². The Morgan fingerprint density at radius 1 is 1.05 bits per heavy atom. The van der Waals surface area contributed by atoms with Crippen molar-refractivity contribution in [1.29, 1.82) is 0 Å². The average Bonchev–Trinajstić information content (AvgIpc) is 2.15. The van der Waals surface area contributed by atoms with Crippen LogP contribution in [0.5, 0.6) is 0 Å². The quantitative estimate of drug-likeness (QED) is 0.570. The van der Waals surface area contributed by atoms with Crippen molar-refractivity contribution in [2.75, 3.05) is 19.0 Å². The van der Waals surface area contributed by atoms with Gasteiger partial charge in [0.25, 0.3) is 5.56 Å². The molecule has 2 rings (SSSR count). The average molecular weight is 273 g/mol. The Bertz CT molecular complexity index is 611. The maximum absolute atomic E-state index is 11.7. The molecule has 2 aromatic rings. The summed E-state index contributed by atoms with van der Waals surface area (Å²) >= 11 is 0. The van der Waals surface area contributed by atoms with Crippen LogP contribution in [0.3, 0.4) is 0 Å². The van der Waals surface area contributed by atoms with E-state index in [2.05, 4.69) is 15.0 Å². The summed E-state index contributed by atoms with van der Waals surface area (Å²) < 4.78 is 1.40. The van der Waals surface area contributed by atoms with Gasteiger partial charge in [-0.1, -0.05) is 0 Å². The van der Waals surface area contributed by atoms with Crippen LogP contribution < -0.4 is 10.5 Å². The molecule has 0 saturated heterocycles. The number of aryl methyl sites for hydroxylation is 2. The van der Waals surface area contributed by atoms with Crippen LogP contribution in [0, 0.1) is 13.8 Å². The fraction of sp³-hybridized carbons (Fsp3) is 0.400. The Hall–Kier alpha value is -2.10. The minimum absolute atomic E-state index is 0. The topological polar surface area (TPSA) is 158 Å². The molecule has 0 fully saturated rings. The van der Waals surface area contributed by atoms with Crippen molar-refractivity contribution >= 4 is 11.7 Å². The fourth-order valence-corrected chi connectivity index (χ4v) is 1.47. The molecular formula is C10H19N5O4. The molecule has 2 heterocycles. The number of aromatic nitrogens is 4. The first kappa shape index (κ1) is 19.2. The Kier molecular flexibility index (Phi) is 6.82. The molecule has 0 atom stereocenters. The molecule has 0 unspecified atom stereocenters. The minimum Gasteiger partial charge on any atom is -0.412 e. The summed E-state index contributed by atoms with van der Waals surface area (Å²) in [5, 5.41) is 0. The van der Waals surface area contributed by atoms with Crippen LogP contribution in [0.4, 0.5) is 5.95 Å². The van der Waals surface area contributed by atoms with Gasteiger partial charge >= 0.3 is 0 Å². The van der Waals surface area contributed by atoms with E-state index in [4.69, 9.17) is 0 Å². The van der Waals surface area contributed by atoms with E-state index in [0.717, 1.165) is 0 Å². The van der Waals surface area contributed by atoms with Crippen molar-refractivity contribution in [3.05, 3.63) is 27.9 Å². The third kappa shape index (κ3) is 3.44. The van der Waals surface area contributed by atoms with Crippen molar-refractivity contribution in [2.24, 2.45) is 0 Å². The van der Waals surface area contributed by atoms with Crippen LogP contribution in [0.25, 0.3) is 5.78 Å². The van der Waals surface area contributed by atoms with Gasteiger partial charge < -0.3 is 21.3 Å². The molecule has 9 heteroatoms. The maximum atomic E-state index is 11.7. The molecule has 0 aliphatic rings. The smallest absolute Gasteiger partial charge is 0.260 e.